The second kappa shape index (κ2) is 10.8. The lowest BCUT2D eigenvalue weighted by molar-refractivity contribution is -0.0166. The number of nitrogens with one attached hydrogen (secondary N) is 1. The average molecular weight is 477 g/mol. The minimum atomic E-state index is 0. The predicted octanol–water partition coefficient (Wildman–Crippen LogP) is 1.63. The van der Waals surface area contributed by atoms with Crippen molar-refractivity contribution in [3.63, 3.8) is 0 Å². The Kier molecular flexibility index (Phi) is 9.12. The molecule has 0 radical (unpaired) electrons. The summed E-state index contributed by atoms with van der Waals surface area (Å²) >= 11 is 0. The van der Waals surface area contributed by atoms with Gasteiger partial charge >= 0.3 is 0 Å². The van der Waals surface area contributed by atoms with Crippen LogP contribution in [0.15, 0.2) is 17.1 Å². The topological polar surface area (TPSA) is 43.3 Å². The monoisotopic (exact) mass is 477 g/mol. The summed E-state index contributed by atoms with van der Waals surface area (Å²) in [7, 11) is 0. The first-order chi connectivity index (χ1) is 12.2. The van der Waals surface area contributed by atoms with Crippen molar-refractivity contribution in [1.29, 1.82) is 0 Å². The number of morpholine rings is 1. The van der Waals surface area contributed by atoms with E-state index in [4.69, 9.17) is 9.73 Å². The van der Waals surface area contributed by atoms with Gasteiger partial charge < -0.3 is 15.0 Å². The molecule has 0 spiro atoms. The Morgan fingerprint density at radius 1 is 1.31 bits per heavy atom. The van der Waals surface area contributed by atoms with Crippen LogP contribution in [0.4, 0.5) is 0 Å². The summed E-state index contributed by atoms with van der Waals surface area (Å²) in [4.78, 5) is 12.5. The van der Waals surface area contributed by atoms with Crippen molar-refractivity contribution in [2.75, 3.05) is 59.0 Å². The summed E-state index contributed by atoms with van der Waals surface area (Å²) in [6.45, 7) is 15.6. The van der Waals surface area contributed by atoms with E-state index in [1.54, 1.807) is 0 Å². The molecule has 3 aliphatic heterocycles. The van der Waals surface area contributed by atoms with Crippen molar-refractivity contribution < 1.29 is 4.74 Å². The summed E-state index contributed by atoms with van der Waals surface area (Å²) in [5.41, 5.74) is 0. The second-order valence-electron chi connectivity index (χ2n) is 7.52. The smallest absolute Gasteiger partial charge is 0.194 e. The van der Waals surface area contributed by atoms with Crippen molar-refractivity contribution in [2.24, 2.45) is 4.99 Å². The molecule has 0 aromatic rings. The van der Waals surface area contributed by atoms with Crippen molar-refractivity contribution in [3.05, 3.63) is 12.2 Å². The van der Waals surface area contributed by atoms with Crippen LogP contribution in [0.1, 0.15) is 27.2 Å². The third-order valence-electron chi connectivity index (χ3n) is 5.65. The van der Waals surface area contributed by atoms with Gasteiger partial charge in [-0.15, -0.1) is 24.0 Å². The molecule has 6 nitrogen and oxygen atoms in total. The molecule has 2 fully saturated rings. The van der Waals surface area contributed by atoms with Crippen LogP contribution in [-0.2, 0) is 4.74 Å². The highest BCUT2D eigenvalue weighted by molar-refractivity contribution is 14.0. The van der Waals surface area contributed by atoms with E-state index in [1.165, 1.54) is 6.42 Å². The highest BCUT2D eigenvalue weighted by Crippen LogP contribution is 2.18. The summed E-state index contributed by atoms with van der Waals surface area (Å²) in [6.07, 6.45) is 5.81. The van der Waals surface area contributed by atoms with Crippen LogP contribution in [0, 0.1) is 0 Å². The van der Waals surface area contributed by atoms with E-state index in [0.717, 1.165) is 65.0 Å². The molecule has 0 aromatic carbocycles. The van der Waals surface area contributed by atoms with Gasteiger partial charge in [-0.05, 0) is 27.2 Å². The molecule has 1 N–H and O–H groups in total. The first kappa shape index (κ1) is 21.9. The minimum absolute atomic E-state index is 0. The Morgan fingerprint density at radius 3 is 2.77 bits per heavy atom. The van der Waals surface area contributed by atoms with Gasteiger partial charge in [0, 0.05) is 57.4 Å². The molecule has 0 aromatic heterocycles. The predicted molar refractivity (Wildman–Crippen MR) is 119 cm³/mol. The largest absolute Gasteiger partial charge is 0.379 e. The van der Waals surface area contributed by atoms with E-state index in [-0.39, 0.29) is 24.0 Å². The zero-order chi connectivity index (χ0) is 17.6. The Bertz CT molecular complexity index is 479. The SMILES string of the molecule is CCNC(=NCC(C)N1CCOCC1C)N1CCC(N2CC=CC2)C1.I. The van der Waals surface area contributed by atoms with Crippen LogP contribution in [0.5, 0.6) is 0 Å². The van der Waals surface area contributed by atoms with E-state index in [0.29, 0.717) is 18.1 Å². The third kappa shape index (κ3) is 5.56. The Morgan fingerprint density at radius 2 is 2.08 bits per heavy atom. The van der Waals surface area contributed by atoms with Crippen LogP contribution in [-0.4, -0.2) is 97.8 Å². The third-order valence-corrected chi connectivity index (χ3v) is 5.65. The number of nitrogens with zero attached hydrogens (tertiary/aromatic N) is 4. The average Bonchev–Trinajstić information content (AvgIpc) is 3.29. The number of rotatable bonds is 5. The molecule has 3 aliphatic rings. The van der Waals surface area contributed by atoms with E-state index >= 15 is 0 Å². The van der Waals surface area contributed by atoms with Gasteiger partial charge in [0.2, 0.25) is 0 Å². The number of hydrogen-bond donors (Lipinski definition) is 1. The first-order valence-electron chi connectivity index (χ1n) is 9.94. The molecule has 3 heterocycles. The Balaban J connectivity index is 0.00000243. The molecule has 3 rings (SSSR count). The molecule has 2 saturated heterocycles. The van der Waals surface area contributed by atoms with E-state index in [9.17, 15) is 0 Å². The lowest BCUT2D eigenvalue weighted by Gasteiger charge is -2.37. The summed E-state index contributed by atoms with van der Waals surface area (Å²) < 4.78 is 5.56. The molecule has 0 aliphatic carbocycles. The lowest BCUT2D eigenvalue weighted by atomic mass is 10.2. The standard InChI is InChI=1S/C19H35N5O.HI/c1-4-20-19(21-13-16(2)24-11-12-25-15-17(24)3)23-10-7-18(14-23)22-8-5-6-9-22;/h5-6,16-18H,4,7-15H2,1-3H3,(H,20,21);1H. The molecule has 3 atom stereocenters. The normalized spacial score (nSPS) is 29.0. The molecular formula is C19H36IN5O. The zero-order valence-electron chi connectivity index (χ0n) is 16.6. The zero-order valence-corrected chi connectivity index (χ0v) is 18.9. The summed E-state index contributed by atoms with van der Waals surface area (Å²) in [5, 5.41) is 3.50. The number of aliphatic imine (C=N–C) groups is 1. The maximum Gasteiger partial charge on any atom is 0.194 e. The first-order valence-corrected chi connectivity index (χ1v) is 9.94. The summed E-state index contributed by atoms with van der Waals surface area (Å²) in [5.74, 6) is 1.09. The van der Waals surface area contributed by atoms with Crippen LogP contribution < -0.4 is 5.32 Å². The number of halogens is 1. The van der Waals surface area contributed by atoms with Gasteiger partial charge in [-0.3, -0.25) is 14.8 Å². The fraction of sp³-hybridized carbons (Fsp3) is 0.842. The fourth-order valence-electron chi connectivity index (χ4n) is 4.17. The maximum atomic E-state index is 5.56. The Hall–Kier alpha value is -0.380. The molecule has 26 heavy (non-hydrogen) atoms. The van der Waals surface area contributed by atoms with Crippen LogP contribution >= 0.6 is 24.0 Å². The summed E-state index contributed by atoms with van der Waals surface area (Å²) in [6, 6.07) is 1.60. The molecule has 0 bridgehead atoms. The van der Waals surface area contributed by atoms with E-state index in [2.05, 4.69) is 52.9 Å². The van der Waals surface area contributed by atoms with E-state index < -0.39 is 0 Å². The highest BCUT2D eigenvalue weighted by Gasteiger charge is 2.30. The van der Waals surface area contributed by atoms with Crippen molar-refractivity contribution in [3.8, 4) is 0 Å². The van der Waals surface area contributed by atoms with Crippen molar-refractivity contribution in [1.82, 2.24) is 20.0 Å². The van der Waals surface area contributed by atoms with Gasteiger partial charge in [-0.1, -0.05) is 12.2 Å². The number of likely N-dealkylation sites (tertiary alicyclic amines) is 1. The minimum Gasteiger partial charge on any atom is -0.379 e. The van der Waals surface area contributed by atoms with E-state index in [1.807, 2.05) is 0 Å². The van der Waals surface area contributed by atoms with Crippen LogP contribution in [0.25, 0.3) is 0 Å². The number of hydrogen-bond acceptors (Lipinski definition) is 4. The molecular weight excluding hydrogens is 441 g/mol. The fourth-order valence-corrected chi connectivity index (χ4v) is 4.17. The van der Waals surface area contributed by atoms with Crippen molar-refractivity contribution in [2.45, 2.75) is 45.3 Å². The highest BCUT2D eigenvalue weighted by atomic mass is 127. The van der Waals surface area contributed by atoms with Gasteiger partial charge in [0.1, 0.15) is 0 Å². The molecule has 150 valence electrons. The number of guanidine groups is 1. The number of ether oxygens (including phenoxy) is 1. The molecule has 7 heteroatoms. The van der Waals surface area contributed by atoms with Gasteiger partial charge in [0.25, 0.3) is 0 Å². The van der Waals surface area contributed by atoms with Crippen molar-refractivity contribution >= 4 is 29.9 Å². The molecule has 3 unspecified atom stereocenters. The van der Waals surface area contributed by atoms with Gasteiger partial charge in [0.15, 0.2) is 5.96 Å². The van der Waals surface area contributed by atoms with Gasteiger partial charge in [-0.25, -0.2) is 0 Å². The van der Waals surface area contributed by atoms with Crippen LogP contribution in [0.3, 0.4) is 0 Å². The molecule has 0 saturated carbocycles. The molecule has 0 amide bonds. The lowest BCUT2D eigenvalue weighted by Crippen LogP contribution is -2.50. The van der Waals surface area contributed by atoms with Gasteiger partial charge in [-0.2, -0.15) is 0 Å². The maximum absolute atomic E-state index is 5.56. The second-order valence-corrected chi connectivity index (χ2v) is 7.52. The van der Waals surface area contributed by atoms with Crippen LogP contribution in [0.2, 0.25) is 0 Å². The quantitative estimate of drug-likeness (QED) is 0.282. The Labute approximate surface area is 176 Å². The van der Waals surface area contributed by atoms with Gasteiger partial charge in [0.05, 0.1) is 19.8 Å².